The largest absolute Gasteiger partial charge is 0.378 e. The van der Waals surface area contributed by atoms with Gasteiger partial charge in [0.2, 0.25) is 0 Å². The van der Waals surface area contributed by atoms with Gasteiger partial charge in [-0.2, -0.15) is 0 Å². The lowest BCUT2D eigenvalue weighted by molar-refractivity contribution is 0.101. The SMILES string of the molecule is Fc1ccccc1C(CBr)(CBr)CCCC1CCCO1. The third-order valence-corrected chi connectivity index (χ3v) is 6.31. The van der Waals surface area contributed by atoms with E-state index in [2.05, 4.69) is 31.9 Å². The van der Waals surface area contributed by atoms with Gasteiger partial charge in [0.1, 0.15) is 5.82 Å². The monoisotopic (exact) mass is 406 g/mol. The number of rotatable bonds is 7. The Kier molecular flexibility index (Phi) is 6.50. The number of benzene rings is 1. The van der Waals surface area contributed by atoms with Crippen molar-refractivity contribution in [3.8, 4) is 0 Å². The molecule has 1 aliphatic rings. The smallest absolute Gasteiger partial charge is 0.127 e. The van der Waals surface area contributed by atoms with Gasteiger partial charge >= 0.3 is 0 Å². The maximum atomic E-state index is 14.1. The molecule has 1 nitrogen and oxygen atoms in total. The van der Waals surface area contributed by atoms with Gasteiger partial charge in [0.05, 0.1) is 6.10 Å². The van der Waals surface area contributed by atoms with Gasteiger partial charge in [0.15, 0.2) is 0 Å². The van der Waals surface area contributed by atoms with E-state index in [-0.39, 0.29) is 11.2 Å². The topological polar surface area (TPSA) is 9.23 Å². The van der Waals surface area contributed by atoms with Crippen LogP contribution in [0, 0.1) is 5.82 Å². The van der Waals surface area contributed by atoms with E-state index in [4.69, 9.17) is 4.74 Å². The summed E-state index contributed by atoms with van der Waals surface area (Å²) in [5.41, 5.74) is 0.630. The van der Waals surface area contributed by atoms with Gasteiger partial charge in [-0.15, -0.1) is 0 Å². The number of hydrogen-bond acceptors (Lipinski definition) is 1. The first-order valence-electron chi connectivity index (χ1n) is 7.20. The number of halogens is 3. The molecule has 0 amide bonds. The molecular weight excluding hydrogens is 387 g/mol. The number of hydrogen-bond donors (Lipinski definition) is 0. The molecular formula is C16H21Br2FO. The van der Waals surface area contributed by atoms with Crippen LogP contribution in [0.1, 0.15) is 37.7 Å². The summed E-state index contributed by atoms with van der Waals surface area (Å²) in [6, 6.07) is 7.12. The molecule has 0 saturated carbocycles. The second kappa shape index (κ2) is 7.90. The Morgan fingerprint density at radius 2 is 2.00 bits per heavy atom. The van der Waals surface area contributed by atoms with E-state index in [1.54, 1.807) is 12.1 Å². The van der Waals surface area contributed by atoms with Gasteiger partial charge in [-0.3, -0.25) is 0 Å². The van der Waals surface area contributed by atoms with Crippen LogP contribution in [0.15, 0.2) is 24.3 Å². The molecule has 1 aromatic carbocycles. The Hall–Kier alpha value is 0.0700. The summed E-state index contributed by atoms with van der Waals surface area (Å²) in [4.78, 5) is 0. The summed E-state index contributed by atoms with van der Waals surface area (Å²) in [5.74, 6) is -0.108. The Bertz CT molecular complexity index is 415. The minimum atomic E-state index is -0.177. The van der Waals surface area contributed by atoms with Crippen LogP contribution in [-0.4, -0.2) is 23.4 Å². The van der Waals surface area contributed by atoms with Crippen molar-refractivity contribution < 1.29 is 9.13 Å². The first-order valence-corrected chi connectivity index (χ1v) is 9.45. The molecule has 0 N–H and O–H groups in total. The molecule has 0 bridgehead atoms. The third kappa shape index (κ3) is 3.83. The number of ether oxygens (including phenoxy) is 1. The second-order valence-electron chi connectivity index (χ2n) is 5.55. The van der Waals surface area contributed by atoms with E-state index < -0.39 is 0 Å². The molecule has 112 valence electrons. The fourth-order valence-electron chi connectivity index (χ4n) is 2.88. The van der Waals surface area contributed by atoms with Gasteiger partial charge in [-0.1, -0.05) is 50.1 Å². The molecule has 0 aliphatic carbocycles. The Morgan fingerprint density at radius 1 is 1.25 bits per heavy atom. The molecule has 2 rings (SSSR count). The highest BCUT2D eigenvalue weighted by molar-refractivity contribution is 9.09. The summed E-state index contributed by atoms with van der Waals surface area (Å²) in [6.45, 7) is 0.903. The van der Waals surface area contributed by atoms with Crippen LogP contribution < -0.4 is 0 Å². The zero-order valence-corrected chi connectivity index (χ0v) is 14.8. The van der Waals surface area contributed by atoms with Crippen LogP contribution >= 0.6 is 31.9 Å². The van der Waals surface area contributed by atoms with Crippen LogP contribution in [0.3, 0.4) is 0 Å². The van der Waals surface area contributed by atoms with Crippen LogP contribution in [0.25, 0.3) is 0 Å². The third-order valence-electron chi connectivity index (χ3n) is 4.16. The van der Waals surface area contributed by atoms with Crippen molar-refractivity contribution in [3.63, 3.8) is 0 Å². The van der Waals surface area contributed by atoms with E-state index in [0.717, 1.165) is 42.1 Å². The predicted octanol–water partition coefficient (Wildman–Crippen LogP) is 5.20. The van der Waals surface area contributed by atoms with Crippen molar-refractivity contribution in [2.45, 2.75) is 43.6 Å². The summed E-state index contributed by atoms with van der Waals surface area (Å²) in [6.07, 6.45) is 5.88. The van der Waals surface area contributed by atoms with E-state index in [1.165, 1.54) is 12.8 Å². The molecule has 1 saturated heterocycles. The normalized spacial score (nSPS) is 19.4. The minimum Gasteiger partial charge on any atom is -0.378 e. The molecule has 1 aromatic rings. The van der Waals surface area contributed by atoms with Crippen LogP contribution in [-0.2, 0) is 10.2 Å². The van der Waals surface area contributed by atoms with E-state index in [9.17, 15) is 4.39 Å². The summed E-state index contributed by atoms with van der Waals surface area (Å²) >= 11 is 7.18. The van der Waals surface area contributed by atoms with E-state index >= 15 is 0 Å². The fourth-order valence-corrected chi connectivity index (χ4v) is 4.97. The lowest BCUT2D eigenvalue weighted by Gasteiger charge is -2.31. The standard InChI is InChI=1S/C16H21Br2FO/c17-11-16(12-18,14-7-1-2-8-15(14)19)9-3-5-13-6-4-10-20-13/h1-2,7-8,13H,3-6,9-12H2. The Labute approximate surface area is 137 Å². The van der Waals surface area contributed by atoms with E-state index in [0.29, 0.717) is 6.10 Å². The molecule has 1 atom stereocenters. The molecule has 0 spiro atoms. The average Bonchev–Trinajstić information content (AvgIpc) is 2.98. The number of alkyl halides is 2. The van der Waals surface area contributed by atoms with Crippen molar-refractivity contribution in [2.24, 2.45) is 0 Å². The molecule has 4 heteroatoms. The second-order valence-corrected chi connectivity index (χ2v) is 6.68. The van der Waals surface area contributed by atoms with Crippen LogP contribution in [0.5, 0.6) is 0 Å². The maximum Gasteiger partial charge on any atom is 0.127 e. The molecule has 1 fully saturated rings. The molecule has 1 aliphatic heterocycles. The summed E-state index contributed by atoms with van der Waals surface area (Å²) < 4.78 is 19.8. The highest BCUT2D eigenvalue weighted by Gasteiger charge is 2.32. The fraction of sp³-hybridized carbons (Fsp3) is 0.625. The minimum absolute atomic E-state index is 0.108. The van der Waals surface area contributed by atoms with Crippen LogP contribution in [0.2, 0.25) is 0 Å². The Balaban J connectivity index is 2.03. The van der Waals surface area contributed by atoms with Gasteiger partial charge in [-0.25, -0.2) is 4.39 Å². The molecule has 20 heavy (non-hydrogen) atoms. The molecule has 1 heterocycles. The van der Waals surface area contributed by atoms with Crippen molar-refractivity contribution in [1.29, 1.82) is 0 Å². The molecule has 0 radical (unpaired) electrons. The first-order chi connectivity index (χ1) is 9.72. The van der Waals surface area contributed by atoms with Crippen molar-refractivity contribution >= 4 is 31.9 Å². The van der Waals surface area contributed by atoms with Crippen LogP contribution in [0.4, 0.5) is 4.39 Å². The van der Waals surface area contributed by atoms with Crippen molar-refractivity contribution in [3.05, 3.63) is 35.6 Å². The van der Waals surface area contributed by atoms with E-state index in [1.807, 2.05) is 12.1 Å². The zero-order chi connectivity index (χ0) is 14.4. The Morgan fingerprint density at radius 3 is 2.60 bits per heavy atom. The predicted molar refractivity (Wildman–Crippen MR) is 88.5 cm³/mol. The summed E-state index contributed by atoms with van der Waals surface area (Å²) in [7, 11) is 0. The lowest BCUT2D eigenvalue weighted by Crippen LogP contribution is -2.31. The molecule has 0 aromatic heterocycles. The van der Waals surface area contributed by atoms with Gasteiger partial charge < -0.3 is 4.74 Å². The summed E-state index contributed by atoms with van der Waals surface area (Å²) in [5, 5.41) is 1.52. The molecule has 1 unspecified atom stereocenters. The highest BCUT2D eigenvalue weighted by Crippen LogP contribution is 2.36. The average molecular weight is 408 g/mol. The quantitative estimate of drug-likeness (QED) is 0.564. The van der Waals surface area contributed by atoms with Gasteiger partial charge in [-0.05, 0) is 43.7 Å². The van der Waals surface area contributed by atoms with Gasteiger partial charge in [0.25, 0.3) is 0 Å². The first kappa shape index (κ1) is 16.4. The van der Waals surface area contributed by atoms with Crippen molar-refractivity contribution in [2.75, 3.05) is 17.3 Å². The lowest BCUT2D eigenvalue weighted by atomic mass is 9.79. The van der Waals surface area contributed by atoms with Crippen molar-refractivity contribution in [1.82, 2.24) is 0 Å². The highest BCUT2D eigenvalue weighted by atomic mass is 79.9. The zero-order valence-electron chi connectivity index (χ0n) is 11.6. The van der Waals surface area contributed by atoms with Gasteiger partial charge in [0, 0.05) is 22.7 Å². The maximum absolute atomic E-state index is 14.1.